The second-order valence-corrected chi connectivity index (χ2v) is 5.52. The molecule has 1 fully saturated rings. The third-order valence-corrected chi connectivity index (χ3v) is 3.82. The molecule has 2 nitrogen and oxygen atoms in total. The van der Waals surface area contributed by atoms with E-state index in [1.807, 2.05) is 0 Å². The summed E-state index contributed by atoms with van der Waals surface area (Å²) >= 11 is 0. The van der Waals surface area contributed by atoms with E-state index in [9.17, 15) is 0 Å². The molecule has 16 heavy (non-hydrogen) atoms. The van der Waals surface area contributed by atoms with Gasteiger partial charge in [0.05, 0.1) is 0 Å². The van der Waals surface area contributed by atoms with E-state index in [1.54, 1.807) is 0 Å². The summed E-state index contributed by atoms with van der Waals surface area (Å²) in [5.41, 5.74) is 0. The molecule has 1 rings (SSSR count). The highest BCUT2D eigenvalue weighted by molar-refractivity contribution is 4.78. The molecular weight excluding hydrogens is 196 g/mol. The van der Waals surface area contributed by atoms with Gasteiger partial charge in [0.25, 0.3) is 0 Å². The summed E-state index contributed by atoms with van der Waals surface area (Å²) in [6.07, 6.45) is 5.37. The second-order valence-electron chi connectivity index (χ2n) is 5.52. The van der Waals surface area contributed by atoms with Gasteiger partial charge < -0.3 is 10.2 Å². The third-order valence-electron chi connectivity index (χ3n) is 3.82. The van der Waals surface area contributed by atoms with Gasteiger partial charge in [0, 0.05) is 13.1 Å². The highest BCUT2D eigenvalue weighted by atomic mass is 15.1. The molecule has 0 aliphatic carbocycles. The van der Waals surface area contributed by atoms with Crippen LogP contribution in [0.1, 0.15) is 46.5 Å². The molecule has 96 valence electrons. The molecule has 0 aromatic heterocycles. The van der Waals surface area contributed by atoms with Crippen molar-refractivity contribution in [3.05, 3.63) is 0 Å². The van der Waals surface area contributed by atoms with Gasteiger partial charge in [-0.1, -0.05) is 27.2 Å². The third kappa shape index (κ3) is 5.31. The van der Waals surface area contributed by atoms with Gasteiger partial charge in [0.15, 0.2) is 0 Å². The molecule has 0 amide bonds. The number of rotatable bonds is 8. The Morgan fingerprint density at radius 2 is 1.69 bits per heavy atom. The van der Waals surface area contributed by atoms with E-state index in [0.29, 0.717) is 0 Å². The first-order valence-corrected chi connectivity index (χ1v) is 7.17. The fraction of sp³-hybridized carbons (Fsp3) is 1.00. The quantitative estimate of drug-likeness (QED) is 0.640. The van der Waals surface area contributed by atoms with Gasteiger partial charge in [-0.3, -0.25) is 0 Å². The molecule has 1 aliphatic heterocycles. The van der Waals surface area contributed by atoms with Crippen molar-refractivity contribution >= 4 is 0 Å². The zero-order valence-electron chi connectivity index (χ0n) is 11.5. The molecular formula is C14H30N2. The molecule has 2 heteroatoms. The average Bonchev–Trinajstić information content (AvgIpc) is 2.57. The van der Waals surface area contributed by atoms with Crippen molar-refractivity contribution in [3.8, 4) is 0 Å². The number of likely N-dealkylation sites (tertiary alicyclic amines) is 1. The highest BCUT2D eigenvalue weighted by Gasteiger charge is 2.24. The Morgan fingerprint density at radius 3 is 2.31 bits per heavy atom. The summed E-state index contributed by atoms with van der Waals surface area (Å²) in [4.78, 5) is 2.65. The SMILES string of the molecule is CCCNCCCCCN1CC(C)C(C)C1. The summed E-state index contributed by atoms with van der Waals surface area (Å²) in [5, 5.41) is 3.46. The van der Waals surface area contributed by atoms with Gasteiger partial charge in [-0.2, -0.15) is 0 Å². The molecule has 0 bridgehead atoms. The first-order chi connectivity index (χ1) is 7.74. The van der Waals surface area contributed by atoms with Crippen molar-refractivity contribution < 1.29 is 0 Å². The van der Waals surface area contributed by atoms with E-state index >= 15 is 0 Å². The van der Waals surface area contributed by atoms with Crippen LogP contribution >= 0.6 is 0 Å². The van der Waals surface area contributed by atoms with Crippen LogP contribution in [0.25, 0.3) is 0 Å². The van der Waals surface area contributed by atoms with Crippen molar-refractivity contribution in [1.82, 2.24) is 10.2 Å². The average molecular weight is 226 g/mol. The van der Waals surface area contributed by atoms with E-state index in [0.717, 1.165) is 11.8 Å². The molecule has 0 aromatic rings. The summed E-state index contributed by atoms with van der Waals surface area (Å²) < 4.78 is 0. The van der Waals surface area contributed by atoms with Crippen LogP contribution in [-0.4, -0.2) is 37.6 Å². The van der Waals surface area contributed by atoms with Crippen LogP contribution in [0.5, 0.6) is 0 Å². The standard InChI is InChI=1S/C14H30N2/c1-4-8-15-9-6-5-7-10-16-11-13(2)14(3)12-16/h13-15H,4-12H2,1-3H3. The van der Waals surface area contributed by atoms with Crippen molar-refractivity contribution in [1.29, 1.82) is 0 Å². The fourth-order valence-electron chi connectivity index (χ4n) is 2.50. The largest absolute Gasteiger partial charge is 0.317 e. The zero-order valence-corrected chi connectivity index (χ0v) is 11.5. The van der Waals surface area contributed by atoms with Crippen molar-refractivity contribution in [3.63, 3.8) is 0 Å². The Kier molecular flexibility index (Phi) is 7.06. The van der Waals surface area contributed by atoms with Crippen LogP contribution in [0.4, 0.5) is 0 Å². The van der Waals surface area contributed by atoms with Crippen molar-refractivity contribution in [2.45, 2.75) is 46.5 Å². The molecule has 0 saturated carbocycles. The minimum atomic E-state index is 0.909. The number of unbranched alkanes of at least 4 members (excludes halogenated alkanes) is 2. The van der Waals surface area contributed by atoms with Crippen LogP contribution in [0.15, 0.2) is 0 Å². The molecule has 2 unspecified atom stereocenters. The van der Waals surface area contributed by atoms with Gasteiger partial charge in [-0.15, -0.1) is 0 Å². The number of hydrogen-bond acceptors (Lipinski definition) is 2. The van der Waals surface area contributed by atoms with Crippen LogP contribution in [0, 0.1) is 11.8 Å². The van der Waals surface area contributed by atoms with Gasteiger partial charge in [0.1, 0.15) is 0 Å². The maximum Gasteiger partial charge on any atom is 0.00102 e. The molecule has 1 heterocycles. The molecule has 1 aliphatic rings. The first-order valence-electron chi connectivity index (χ1n) is 7.17. The maximum atomic E-state index is 3.46. The summed E-state index contributed by atoms with van der Waals surface area (Å²) in [5.74, 6) is 1.82. The Labute approximate surface area is 102 Å². The summed E-state index contributed by atoms with van der Waals surface area (Å²) in [7, 11) is 0. The monoisotopic (exact) mass is 226 g/mol. The van der Waals surface area contributed by atoms with E-state index in [4.69, 9.17) is 0 Å². The highest BCUT2D eigenvalue weighted by Crippen LogP contribution is 2.22. The molecule has 0 aromatic carbocycles. The lowest BCUT2D eigenvalue weighted by Crippen LogP contribution is -2.22. The predicted octanol–water partition coefficient (Wildman–Crippen LogP) is 2.74. The number of hydrogen-bond donors (Lipinski definition) is 1. The molecule has 1 saturated heterocycles. The van der Waals surface area contributed by atoms with Crippen LogP contribution in [-0.2, 0) is 0 Å². The molecule has 0 spiro atoms. The lowest BCUT2D eigenvalue weighted by molar-refractivity contribution is 0.314. The van der Waals surface area contributed by atoms with Crippen LogP contribution in [0.3, 0.4) is 0 Å². The second kappa shape index (κ2) is 8.08. The Balaban J connectivity index is 1.88. The van der Waals surface area contributed by atoms with Gasteiger partial charge >= 0.3 is 0 Å². The maximum absolute atomic E-state index is 3.46. The lowest BCUT2D eigenvalue weighted by atomic mass is 10.0. The minimum absolute atomic E-state index is 0.909. The van der Waals surface area contributed by atoms with E-state index in [2.05, 4.69) is 31.0 Å². The van der Waals surface area contributed by atoms with E-state index in [1.165, 1.54) is 58.4 Å². The summed E-state index contributed by atoms with van der Waals surface area (Å²) in [6.45, 7) is 13.4. The normalized spacial score (nSPS) is 26.4. The first kappa shape index (κ1) is 14.0. The van der Waals surface area contributed by atoms with Gasteiger partial charge in [-0.25, -0.2) is 0 Å². The predicted molar refractivity (Wildman–Crippen MR) is 71.8 cm³/mol. The van der Waals surface area contributed by atoms with Crippen LogP contribution in [0.2, 0.25) is 0 Å². The fourth-order valence-corrected chi connectivity index (χ4v) is 2.50. The Hall–Kier alpha value is -0.0800. The molecule has 1 N–H and O–H groups in total. The van der Waals surface area contributed by atoms with Gasteiger partial charge in [0.2, 0.25) is 0 Å². The number of nitrogens with one attached hydrogen (secondary N) is 1. The minimum Gasteiger partial charge on any atom is -0.317 e. The molecule has 2 atom stereocenters. The number of nitrogens with zero attached hydrogens (tertiary/aromatic N) is 1. The zero-order chi connectivity index (χ0) is 11.8. The van der Waals surface area contributed by atoms with Gasteiger partial charge in [-0.05, 0) is 50.7 Å². The van der Waals surface area contributed by atoms with Crippen molar-refractivity contribution in [2.75, 3.05) is 32.7 Å². The Morgan fingerprint density at radius 1 is 1.00 bits per heavy atom. The smallest absolute Gasteiger partial charge is 0.00102 e. The Bertz CT molecular complexity index is 160. The van der Waals surface area contributed by atoms with E-state index < -0.39 is 0 Å². The topological polar surface area (TPSA) is 15.3 Å². The summed E-state index contributed by atoms with van der Waals surface area (Å²) in [6, 6.07) is 0. The van der Waals surface area contributed by atoms with Crippen LogP contribution < -0.4 is 5.32 Å². The lowest BCUT2D eigenvalue weighted by Gasteiger charge is -2.14. The molecule has 0 radical (unpaired) electrons. The van der Waals surface area contributed by atoms with E-state index in [-0.39, 0.29) is 0 Å². The van der Waals surface area contributed by atoms with Crippen molar-refractivity contribution in [2.24, 2.45) is 11.8 Å².